The van der Waals surface area contributed by atoms with Gasteiger partial charge in [0, 0.05) is 19.0 Å². The summed E-state index contributed by atoms with van der Waals surface area (Å²) in [5.74, 6) is 1.30. The molecule has 0 spiro atoms. The molecule has 100 valence electrons. The van der Waals surface area contributed by atoms with E-state index in [0.29, 0.717) is 11.7 Å². The molecule has 2 aromatic rings. The summed E-state index contributed by atoms with van der Waals surface area (Å²) < 4.78 is 5.68. The minimum atomic E-state index is 0.135. The summed E-state index contributed by atoms with van der Waals surface area (Å²) >= 11 is 1.59. The van der Waals surface area contributed by atoms with Crippen LogP contribution in [0.4, 0.5) is 11.9 Å². The quantitative estimate of drug-likeness (QED) is 0.857. The van der Waals surface area contributed by atoms with E-state index in [1.54, 1.807) is 16.7 Å². The highest BCUT2D eigenvalue weighted by Gasteiger charge is 2.10. The van der Waals surface area contributed by atoms with Gasteiger partial charge in [0.25, 0.3) is 0 Å². The van der Waals surface area contributed by atoms with Crippen molar-refractivity contribution in [1.29, 1.82) is 0 Å². The number of aromatic nitrogens is 3. The molecule has 0 unspecified atom stereocenters. The number of nitrogens with zero attached hydrogens (tertiary/aromatic N) is 4. The molecule has 0 aliphatic carbocycles. The molecule has 0 aliphatic heterocycles. The van der Waals surface area contributed by atoms with Crippen molar-refractivity contribution < 1.29 is 4.74 Å². The van der Waals surface area contributed by atoms with Crippen LogP contribution in [0.5, 0.6) is 11.8 Å². The molecular weight excluding hydrogens is 262 g/mol. The molecule has 19 heavy (non-hydrogen) atoms. The molecule has 7 heteroatoms. The SMILES string of the molecule is CSc1ccccc1Oc1nc(N)nc(N(C)C)n1. The van der Waals surface area contributed by atoms with E-state index in [1.807, 2.05) is 44.6 Å². The maximum absolute atomic E-state index is 5.68. The van der Waals surface area contributed by atoms with Crippen LogP contribution in [-0.4, -0.2) is 35.3 Å². The number of hydrogen-bond acceptors (Lipinski definition) is 7. The van der Waals surface area contributed by atoms with Gasteiger partial charge in [-0.3, -0.25) is 0 Å². The third kappa shape index (κ3) is 3.25. The molecule has 0 bridgehead atoms. The maximum Gasteiger partial charge on any atom is 0.328 e. The van der Waals surface area contributed by atoms with Crippen LogP contribution in [-0.2, 0) is 0 Å². The van der Waals surface area contributed by atoms with E-state index in [1.165, 1.54) is 0 Å². The Morgan fingerprint density at radius 1 is 1.16 bits per heavy atom. The van der Waals surface area contributed by atoms with E-state index in [9.17, 15) is 0 Å². The van der Waals surface area contributed by atoms with Gasteiger partial charge in [0.2, 0.25) is 11.9 Å². The fourth-order valence-electron chi connectivity index (χ4n) is 1.41. The van der Waals surface area contributed by atoms with Gasteiger partial charge < -0.3 is 15.4 Å². The number of ether oxygens (including phenoxy) is 1. The number of nitrogens with two attached hydrogens (primary N) is 1. The first-order chi connectivity index (χ1) is 9.10. The molecule has 0 atom stereocenters. The number of anilines is 2. The second-order valence-corrected chi connectivity index (χ2v) is 4.77. The van der Waals surface area contributed by atoms with E-state index >= 15 is 0 Å². The lowest BCUT2D eigenvalue weighted by Crippen LogP contribution is -2.15. The van der Waals surface area contributed by atoms with Crippen molar-refractivity contribution in [2.24, 2.45) is 0 Å². The Hall–Kier alpha value is -2.02. The Kier molecular flexibility index (Phi) is 4.06. The van der Waals surface area contributed by atoms with Gasteiger partial charge in [-0.25, -0.2) is 0 Å². The highest BCUT2D eigenvalue weighted by Crippen LogP contribution is 2.30. The van der Waals surface area contributed by atoms with Crippen LogP contribution in [0.2, 0.25) is 0 Å². The summed E-state index contributed by atoms with van der Waals surface area (Å²) in [7, 11) is 3.66. The molecular formula is C12H15N5OS. The third-order valence-electron chi connectivity index (χ3n) is 2.29. The molecule has 0 saturated heterocycles. The Morgan fingerprint density at radius 3 is 2.58 bits per heavy atom. The molecule has 0 fully saturated rings. The average Bonchev–Trinajstić information content (AvgIpc) is 2.38. The highest BCUT2D eigenvalue weighted by atomic mass is 32.2. The van der Waals surface area contributed by atoms with Crippen molar-refractivity contribution in [3.8, 4) is 11.8 Å². The first-order valence-corrected chi connectivity index (χ1v) is 6.82. The smallest absolute Gasteiger partial charge is 0.328 e. The summed E-state index contributed by atoms with van der Waals surface area (Å²) in [5, 5.41) is 0. The zero-order chi connectivity index (χ0) is 13.8. The second-order valence-electron chi connectivity index (χ2n) is 3.92. The van der Waals surface area contributed by atoms with Crippen molar-refractivity contribution >= 4 is 23.7 Å². The maximum atomic E-state index is 5.68. The molecule has 0 radical (unpaired) electrons. The Balaban J connectivity index is 2.32. The minimum Gasteiger partial charge on any atom is -0.423 e. The summed E-state index contributed by atoms with van der Waals surface area (Å²) in [6.45, 7) is 0. The predicted molar refractivity (Wildman–Crippen MR) is 76.9 cm³/mol. The Labute approximate surface area is 116 Å². The van der Waals surface area contributed by atoms with Crippen molar-refractivity contribution in [1.82, 2.24) is 15.0 Å². The lowest BCUT2D eigenvalue weighted by molar-refractivity contribution is 0.431. The number of benzene rings is 1. The van der Waals surface area contributed by atoms with Gasteiger partial charge >= 0.3 is 6.01 Å². The van der Waals surface area contributed by atoms with E-state index < -0.39 is 0 Å². The predicted octanol–water partition coefficient (Wildman–Crippen LogP) is 2.03. The molecule has 0 aliphatic rings. The number of thioether (sulfide) groups is 1. The average molecular weight is 277 g/mol. The van der Waals surface area contributed by atoms with Gasteiger partial charge in [-0.05, 0) is 18.4 Å². The van der Waals surface area contributed by atoms with Crippen molar-refractivity contribution in [3.05, 3.63) is 24.3 Å². The van der Waals surface area contributed by atoms with Gasteiger partial charge in [0.15, 0.2) is 0 Å². The molecule has 2 rings (SSSR count). The molecule has 6 nitrogen and oxygen atoms in total. The molecule has 1 heterocycles. The fourth-order valence-corrected chi connectivity index (χ4v) is 1.93. The Morgan fingerprint density at radius 2 is 1.89 bits per heavy atom. The zero-order valence-electron chi connectivity index (χ0n) is 11.0. The number of rotatable bonds is 4. The van der Waals surface area contributed by atoms with Crippen LogP contribution >= 0.6 is 11.8 Å². The van der Waals surface area contributed by atoms with Gasteiger partial charge in [-0.2, -0.15) is 15.0 Å². The van der Waals surface area contributed by atoms with Gasteiger partial charge in [0.1, 0.15) is 5.75 Å². The highest BCUT2D eigenvalue weighted by molar-refractivity contribution is 7.98. The lowest BCUT2D eigenvalue weighted by atomic mass is 10.3. The van der Waals surface area contributed by atoms with Crippen molar-refractivity contribution in [3.63, 3.8) is 0 Å². The fraction of sp³-hybridized carbons (Fsp3) is 0.250. The van der Waals surface area contributed by atoms with Crippen LogP contribution in [0, 0.1) is 0 Å². The monoisotopic (exact) mass is 277 g/mol. The van der Waals surface area contributed by atoms with Gasteiger partial charge in [0.05, 0.1) is 0 Å². The van der Waals surface area contributed by atoms with Gasteiger partial charge in [-0.1, -0.05) is 12.1 Å². The van der Waals surface area contributed by atoms with E-state index in [4.69, 9.17) is 10.5 Å². The van der Waals surface area contributed by atoms with Crippen LogP contribution in [0.3, 0.4) is 0 Å². The minimum absolute atomic E-state index is 0.135. The number of para-hydroxylation sites is 1. The van der Waals surface area contributed by atoms with Crippen LogP contribution in [0.15, 0.2) is 29.2 Å². The normalized spacial score (nSPS) is 10.3. The van der Waals surface area contributed by atoms with Gasteiger partial charge in [-0.15, -0.1) is 11.8 Å². The zero-order valence-corrected chi connectivity index (χ0v) is 11.8. The first-order valence-electron chi connectivity index (χ1n) is 5.60. The summed E-state index contributed by atoms with van der Waals surface area (Å²) in [6, 6.07) is 7.87. The molecule has 1 aromatic heterocycles. The summed E-state index contributed by atoms with van der Waals surface area (Å²) in [6.07, 6.45) is 1.98. The second kappa shape index (κ2) is 5.75. The first kappa shape index (κ1) is 13.4. The lowest BCUT2D eigenvalue weighted by Gasteiger charge is -2.12. The molecule has 2 N–H and O–H groups in total. The van der Waals surface area contributed by atoms with E-state index in [0.717, 1.165) is 4.90 Å². The third-order valence-corrected chi connectivity index (χ3v) is 3.07. The Bertz CT molecular complexity index is 576. The largest absolute Gasteiger partial charge is 0.423 e. The van der Waals surface area contributed by atoms with Crippen LogP contribution in [0.1, 0.15) is 0 Å². The summed E-state index contributed by atoms with van der Waals surface area (Å²) in [5.41, 5.74) is 5.65. The topological polar surface area (TPSA) is 77.2 Å². The molecule has 0 saturated carbocycles. The number of hydrogen-bond donors (Lipinski definition) is 1. The van der Waals surface area contributed by atoms with E-state index in [-0.39, 0.29) is 12.0 Å². The standard InChI is InChI=1S/C12H15N5OS/c1-17(2)11-14-10(13)15-12(16-11)18-8-6-4-5-7-9(8)19-3/h4-7H,1-3H3,(H2,13,14,15,16). The van der Waals surface area contributed by atoms with Crippen molar-refractivity contribution in [2.75, 3.05) is 31.0 Å². The number of nitrogen functional groups attached to an aromatic ring is 1. The summed E-state index contributed by atoms with van der Waals surface area (Å²) in [4.78, 5) is 14.9. The van der Waals surface area contributed by atoms with E-state index in [2.05, 4.69) is 15.0 Å². The van der Waals surface area contributed by atoms with Crippen molar-refractivity contribution in [2.45, 2.75) is 4.90 Å². The molecule has 1 aromatic carbocycles. The van der Waals surface area contributed by atoms with Crippen LogP contribution < -0.4 is 15.4 Å². The molecule has 0 amide bonds. The van der Waals surface area contributed by atoms with Crippen LogP contribution in [0.25, 0.3) is 0 Å².